The Morgan fingerprint density at radius 2 is 2.07 bits per heavy atom. The van der Waals surface area contributed by atoms with Crippen LogP contribution in [0.3, 0.4) is 0 Å². The van der Waals surface area contributed by atoms with E-state index in [1.807, 2.05) is 13.0 Å². The van der Waals surface area contributed by atoms with Crippen molar-refractivity contribution < 1.29 is 9.84 Å². The Morgan fingerprint density at radius 1 is 1.43 bits per heavy atom. The molecule has 1 rings (SSSR count). The van der Waals surface area contributed by atoms with Gasteiger partial charge in [0.1, 0.15) is 11.5 Å². The molecule has 0 aromatic heterocycles. The van der Waals surface area contributed by atoms with Gasteiger partial charge in [0.05, 0.1) is 7.11 Å². The van der Waals surface area contributed by atoms with Crippen LogP contribution in [-0.4, -0.2) is 12.2 Å². The normalized spacial score (nSPS) is 12.6. The van der Waals surface area contributed by atoms with Crippen LogP contribution in [0.2, 0.25) is 0 Å². The van der Waals surface area contributed by atoms with Crippen LogP contribution >= 0.6 is 0 Å². The third-order valence-corrected chi connectivity index (χ3v) is 2.77. The fourth-order valence-corrected chi connectivity index (χ4v) is 1.54. The maximum absolute atomic E-state index is 9.68. The molecule has 0 spiro atoms. The molecule has 1 atom stereocenters. The van der Waals surface area contributed by atoms with E-state index >= 15 is 0 Å². The second-order valence-corrected chi connectivity index (χ2v) is 3.67. The van der Waals surface area contributed by atoms with Gasteiger partial charge in [0, 0.05) is 6.07 Å². The first-order valence-electron chi connectivity index (χ1n) is 4.97. The third-order valence-electron chi connectivity index (χ3n) is 2.77. The molecule has 0 saturated carbocycles. The number of phenols is 1. The number of ether oxygens (including phenoxy) is 1. The van der Waals surface area contributed by atoms with Crippen LogP contribution in [0.5, 0.6) is 11.5 Å². The van der Waals surface area contributed by atoms with E-state index in [4.69, 9.17) is 4.74 Å². The lowest BCUT2D eigenvalue weighted by molar-refractivity contribution is 0.405. The lowest BCUT2D eigenvalue weighted by Crippen LogP contribution is -1.96. The molecule has 1 N–H and O–H groups in total. The molecule has 0 saturated heterocycles. The van der Waals surface area contributed by atoms with Gasteiger partial charge >= 0.3 is 0 Å². The molecular weight excluding hydrogens is 176 g/mol. The molecule has 0 radical (unpaired) electrons. The number of hydrogen-bond acceptors (Lipinski definition) is 2. The maximum atomic E-state index is 9.68. The summed E-state index contributed by atoms with van der Waals surface area (Å²) in [7, 11) is 1.62. The number of methoxy groups -OCH3 is 1. The lowest BCUT2D eigenvalue weighted by Gasteiger charge is -2.15. The van der Waals surface area contributed by atoms with Crippen LogP contribution in [-0.2, 0) is 0 Å². The van der Waals surface area contributed by atoms with Gasteiger partial charge in [0.25, 0.3) is 0 Å². The van der Waals surface area contributed by atoms with Crippen molar-refractivity contribution in [1.82, 2.24) is 0 Å². The van der Waals surface area contributed by atoms with E-state index in [2.05, 4.69) is 13.8 Å². The smallest absolute Gasteiger partial charge is 0.122 e. The highest BCUT2D eigenvalue weighted by Gasteiger charge is 2.11. The summed E-state index contributed by atoms with van der Waals surface area (Å²) in [6.07, 6.45) is 1.06. The summed E-state index contributed by atoms with van der Waals surface area (Å²) in [5.74, 6) is 1.50. The molecular formula is C12H18O2. The quantitative estimate of drug-likeness (QED) is 0.800. The fraction of sp³-hybridized carbons (Fsp3) is 0.500. The van der Waals surface area contributed by atoms with Crippen LogP contribution in [0.15, 0.2) is 12.1 Å². The Labute approximate surface area is 85.5 Å². The summed E-state index contributed by atoms with van der Waals surface area (Å²) < 4.78 is 5.13. The van der Waals surface area contributed by atoms with Crippen molar-refractivity contribution in [1.29, 1.82) is 0 Å². The van der Waals surface area contributed by atoms with Crippen molar-refractivity contribution in [2.75, 3.05) is 7.11 Å². The number of benzene rings is 1. The van der Waals surface area contributed by atoms with Gasteiger partial charge < -0.3 is 9.84 Å². The summed E-state index contributed by atoms with van der Waals surface area (Å²) >= 11 is 0. The summed E-state index contributed by atoms with van der Waals surface area (Å²) in [6.45, 7) is 6.23. The van der Waals surface area contributed by atoms with Gasteiger partial charge in [-0.05, 0) is 36.5 Å². The van der Waals surface area contributed by atoms with Crippen LogP contribution in [0.4, 0.5) is 0 Å². The van der Waals surface area contributed by atoms with Crippen LogP contribution < -0.4 is 4.74 Å². The molecule has 0 fully saturated rings. The average Bonchev–Trinajstić information content (AvgIpc) is 2.20. The highest BCUT2D eigenvalue weighted by molar-refractivity contribution is 5.46. The van der Waals surface area contributed by atoms with E-state index in [0.29, 0.717) is 11.7 Å². The largest absolute Gasteiger partial charge is 0.508 e. The van der Waals surface area contributed by atoms with Crippen molar-refractivity contribution in [2.24, 2.45) is 0 Å². The maximum Gasteiger partial charge on any atom is 0.122 e. The highest BCUT2D eigenvalue weighted by atomic mass is 16.5. The Bertz CT molecular complexity index is 318. The molecule has 1 aromatic carbocycles. The van der Waals surface area contributed by atoms with E-state index in [1.54, 1.807) is 13.2 Å². The standard InChI is InChI=1S/C12H18O2/c1-5-8(2)11-6-10(14-4)7-12(13)9(11)3/h6-8,13H,5H2,1-4H3. The van der Waals surface area contributed by atoms with Crippen LogP contribution in [0.1, 0.15) is 37.3 Å². The Morgan fingerprint density at radius 3 is 2.57 bits per heavy atom. The van der Waals surface area contributed by atoms with E-state index in [-0.39, 0.29) is 0 Å². The molecule has 2 nitrogen and oxygen atoms in total. The van der Waals surface area contributed by atoms with E-state index in [0.717, 1.165) is 17.7 Å². The first-order chi connectivity index (χ1) is 6.60. The summed E-state index contributed by atoms with van der Waals surface area (Å²) in [6, 6.07) is 3.66. The number of rotatable bonds is 3. The highest BCUT2D eigenvalue weighted by Crippen LogP contribution is 2.32. The zero-order chi connectivity index (χ0) is 10.7. The second-order valence-electron chi connectivity index (χ2n) is 3.67. The van der Waals surface area contributed by atoms with Gasteiger partial charge in [0.15, 0.2) is 0 Å². The minimum atomic E-state index is 0.319. The second kappa shape index (κ2) is 4.36. The van der Waals surface area contributed by atoms with Crippen molar-refractivity contribution in [3.8, 4) is 11.5 Å². The van der Waals surface area contributed by atoms with Gasteiger partial charge in [-0.2, -0.15) is 0 Å². The van der Waals surface area contributed by atoms with Gasteiger partial charge in [-0.1, -0.05) is 13.8 Å². The molecule has 1 unspecified atom stereocenters. The summed E-state index contributed by atoms with van der Waals surface area (Å²) in [4.78, 5) is 0. The van der Waals surface area contributed by atoms with Gasteiger partial charge in [0.2, 0.25) is 0 Å². The summed E-state index contributed by atoms with van der Waals surface area (Å²) in [5.41, 5.74) is 2.13. The van der Waals surface area contributed by atoms with E-state index in [1.165, 1.54) is 5.56 Å². The summed E-state index contributed by atoms with van der Waals surface area (Å²) in [5, 5.41) is 9.68. The minimum absolute atomic E-state index is 0.319. The number of hydrogen-bond donors (Lipinski definition) is 1. The molecule has 0 aliphatic carbocycles. The molecule has 1 aromatic rings. The van der Waals surface area contributed by atoms with Crippen molar-refractivity contribution in [3.63, 3.8) is 0 Å². The van der Waals surface area contributed by atoms with Gasteiger partial charge in [-0.3, -0.25) is 0 Å². The zero-order valence-corrected chi connectivity index (χ0v) is 9.29. The molecule has 0 bridgehead atoms. The van der Waals surface area contributed by atoms with Crippen LogP contribution in [0, 0.1) is 6.92 Å². The van der Waals surface area contributed by atoms with E-state index < -0.39 is 0 Å². The van der Waals surface area contributed by atoms with Crippen molar-refractivity contribution in [2.45, 2.75) is 33.1 Å². The lowest BCUT2D eigenvalue weighted by atomic mass is 9.93. The number of aromatic hydroxyl groups is 1. The topological polar surface area (TPSA) is 29.5 Å². The molecule has 0 amide bonds. The minimum Gasteiger partial charge on any atom is -0.508 e. The number of phenolic OH excluding ortho intramolecular Hbond substituents is 1. The monoisotopic (exact) mass is 194 g/mol. The Kier molecular flexibility index (Phi) is 3.39. The molecule has 0 aliphatic rings. The molecule has 0 aliphatic heterocycles. The van der Waals surface area contributed by atoms with Crippen molar-refractivity contribution in [3.05, 3.63) is 23.3 Å². The first-order valence-corrected chi connectivity index (χ1v) is 4.97. The molecule has 78 valence electrons. The Balaban J connectivity index is 3.20. The predicted octanol–water partition coefficient (Wildman–Crippen LogP) is 3.22. The predicted molar refractivity (Wildman–Crippen MR) is 58.1 cm³/mol. The van der Waals surface area contributed by atoms with E-state index in [9.17, 15) is 5.11 Å². The Hall–Kier alpha value is -1.18. The van der Waals surface area contributed by atoms with Crippen LogP contribution in [0.25, 0.3) is 0 Å². The SMILES string of the molecule is CCC(C)c1cc(OC)cc(O)c1C. The van der Waals surface area contributed by atoms with Gasteiger partial charge in [-0.25, -0.2) is 0 Å². The molecule has 0 heterocycles. The first kappa shape index (κ1) is 10.9. The van der Waals surface area contributed by atoms with Crippen molar-refractivity contribution >= 4 is 0 Å². The molecule has 2 heteroatoms. The zero-order valence-electron chi connectivity index (χ0n) is 9.29. The third kappa shape index (κ3) is 2.00. The fourth-order valence-electron chi connectivity index (χ4n) is 1.54. The average molecular weight is 194 g/mol. The van der Waals surface area contributed by atoms with Gasteiger partial charge in [-0.15, -0.1) is 0 Å². The molecule has 14 heavy (non-hydrogen) atoms.